The van der Waals surface area contributed by atoms with Crippen LogP contribution in [0.1, 0.15) is 13.3 Å². The second kappa shape index (κ2) is 5.16. The SMILES string of the molecule is CCC(=O)N(CC(=O)O)c1ccccc1N. The number of benzene rings is 1. The average molecular weight is 222 g/mol. The van der Waals surface area contributed by atoms with Gasteiger partial charge in [-0.2, -0.15) is 0 Å². The summed E-state index contributed by atoms with van der Waals surface area (Å²) in [4.78, 5) is 23.5. The number of carbonyl (C=O) groups is 2. The van der Waals surface area contributed by atoms with Crippen LogP contribution in [0.4, 0.5) is 11.4 Å². The fraction of sp³-hybridized carbons (Fsp3) is 0.273. The van der Waals surface area contributed by atoms with Gasteiger partial charge < -0.3 is 10.8 Å². The third-order valence-corrected chi connectivity index (χ3v) is 2.12. The summed E-state index contributed by atoms with van der Waals surface area (Å²) in [6.07, 6.45) is 0.238. The predicted molar refractivity (Wildman–Crippen MR) is 61.1 cm³/mol. The third kappa shape index (κ3) is 2.73. The van der Waals surface area contributed by atoms with Gasteiger partial charge in [0.15, 0.2) is 0 Å². The van der Waals surface area contributed by atoms with E-state index in [0.717, 1.165) is 0 Å². The molecule has 1 aromatic rings. The van der Waals surface area contributed by atoms with Crippen molar-refractivity contribution in [2.75, 3.05) is 17.2 Å². The zero-order chi connectivity index (χ0) is 12.1. The largest absolute Gasteiger partial charge is 0.480 e. The number of hydrogen-bond donors (Lipinski definition) is 2. The maximum atomic E-state index is 11.6. The summed E-state index contributed by atoms with van der Waals surface area (Å²) < 4.78 is 0. The van der Waals surface area contributed by atoms with Gasteiger partial charge >= 0.3 is 5.97 Å². The van der Waals surface area contributed by atoms with E-state index in [-0.39, 0.29) is 18.9 Å². The van der Waals surface area contributed by atoms with Crippen LogP contribution in [0, 0.1) is 0 Å². The predicted octanol–water partition coefficient (Wildman–Crippen LogP) is 1.10. The summed E-state index contributed by atoms with van der Waals surface area (Å²) in [5.41, 5.74) is 6.54. The zero-order valence-corrected chi connectivity index (χ0v) is 9.01. The van der Waals surface area contributed by atoms with Crippen LogP contribution >= 0.6 is 0 Å². The minimum Gasteiger partial charge on any atom is -0.480 e. The highest BCUT2D eigenvalue weighted by Gasteiger charge is 2.18. The van der Waals surface area contributed by atoms with Crippen LogP contribution in [-0.2, 0) is 9.59 Å². The van der Waals surface area contributed by atoms with Gasteiger partial charge in [0.05, 0.1) is 11.4 Å². The van der Waals surface area contributed by atoms with E-state index in [1.807, 2.05) is 0 Å². The summed E-state index contributed by atoms with van der Waals surface area (Å²) in [6.45, 7) is 1.30. The molecule has 0 unspecified atom stereocenters. The monoisotopic (exact) mass is 222 g/mol. The Hall–Kier alpha value is -2.04. The molecular formula is C11H14N2O3. The van der Waals surface area contributed by atoms with Gasteiger partial charge in [-0.15, -0.1) is 0 Å². The van der Waals surface area contributed by atoms with E-state index >= 15 is 0 Å². The molecule has 0 bridgehead atoms. The molecule has 0 aliphatic rings. The number of hydrogen-bond acceptors (Lipinski definition) is 3. The number of nitrogens with two attached hydrogens (primary N) is 1. The molecule has 5 heteroatoms. The van der Waals surface area contributed by atoms with E-state index in [2.05, 4.69) is 0 Å². The first-order chi connectivity index (χ1) is 7.56. The van der Waals surface area contributed by atoms with Gasteiger partial charge in [-0.1, -0.05) is 19.1 Å². The van der Waals surface area contributed by atoms with Gasteiger partial charge in [-0.3, -0.25) is 14.5 Å². The lowest BCUT2D eigenvalue weighted by atomic mass is 10.2. The Morgan fingerprint density at radius 1 is 1.38 bits per heavy atom. The van der Waals surface area contributed by atoms with Gasteiger partial charge in [-0.25, -0.2) is 0 Å². The average Bonchev–Trinajstić information content (AvgIpc) is 2.26. The number of nitrogens with zero attached hydrogens (tertiary/aromatic N) is 1. The summed E-state index contributed by atoms with van der Waals surface area (Å²) in [5.74, 6) is -1.33. The van der Waals surface area contributed by atoms with Crippen molar-refractivity contribution in [1.82, 2.24) is 0 Å². The molecule has 0 heterocycles. The number of rotatable bonds is 4. The van der Waals surface area contributed by atoms with Crippen LogP contribution in [0.2, 0.25) is 0 Å². The van der Waals surface area contributed by atoms with Crippen LogP contribution in [0.3, 0.4) is 0 Å². The Morgan fingerprint density at radius 2 is 2.00 bits per heavy atom. The van der Waals surface area contributed by atoms with Crippen LogP contribution in [0.25, 0.3) is 0 Å². The van der Waals surface area contributed by atoms with E-state index in [0.29, 0.717) is 11.4 Å². The molecule has 0 spiro atoms. The maximum Gasteiger partial charge on any atom is 0.323 e. The number of amides is 1. The number of para-hydroxylation sites is 2. The normalized spacial score (nSPS) is 9.81. The first kappa shape index (κ1) is 12.0. The number of anilines is 2. The van der Waals surface area contributed by atoms with Crippen molar-refractivity contribution in [3.8, 4) is 0 Å². The Balaban J connectivity index is 3.06. The fourth-order valence-corrected chi connectivity index (χ4v) is 1.37. The van der Waals surface area contributed by atoms with E-state index in [1.165, 1.54) is 4.90 Å². The number of nitrogen functional groups attached to an aromatic ring is 1. The van der Waals surface area contributed by atoms with Gasteiger partial charge in [0.25, 0.3) is 0 Å². The first-order valence-corrected chi connectivity index (χ1v) is 4.93. The molecule has 0 fully saturated rings. The van der Waals surface area contributed by atoms with E-state index in [1.54, 1.807) is 31.2 Å². The van der Waals surface area contributed by atoms with E-state index in [9.17, 15) is 9.59 Å². The molecule has 86 valence electrons. The smallest absolute Gasteiger partial charge is 0.323 e. The molecule has 3 N–H and O–H groups in total. The number of carboxylic acids is 1. The Bertz CT molecular complexity index is 404. The molecule has 0 atom stereocenters. The summed E-state index contributed by atoms with van der Waals surface area (Å²) in [7, 11) is 0. The highest BCUT2D eigenvalue weighted by molar-refractivity contribution is 5.99. The molecule has 0 aromatic heterocycles. The van der Waals surface area contributed by atoms with Gasteiger partial charge in [-0.05, 0) is 12.1 Å². The van der Waals surface area contributed by atoms with Crippen molar-refractivity contribution < 1.29 is 14.7 Å². The summed E-state index contributed by atoms with van der Waals surface area (Å²) in [6, 6.07) is 6.71. The molecule has 1 rings (SSSR count). The topological polar surface area (TPSA) is 83.6 Å². The number of carboxylic acid groups (broad SMARTS) is 1. The minimum atomic E-state index is -1.06. The Morgan fingerprint density at radius 3 is 2.50 bits per heavy atom. The second-order valence-corrected chi connectivity index (χ2v) is 3.29. The highest BCUT2D eigenvalue weighted by Crippen LogP contribution is 2.22. The minimum absolute atomic E-state index is 0.238. The zero-order valence-electron chi connectivity index (χ0n) is 9.01. The van der Waals surface area contributed by atoms with Crippen LogP contribution in [0.15, 0.2) is 24.3 Å². The van der Waals surface area contributed by atoms with Crippen molar-refractivity contribution in [2.24, 2.45) is 0 Å². The van der Waals surface area contributed by atoms with Crippen molar-refractivity contribution in [1.29, 1.82) is 0 Å². The number of aliphatic carboxylic acids is 1. The fourth-order valence-electron chi connectivity index (χ4n) is 1.37. The van der Waals surface area contributed by atoms with Gasteiger partial charge in [0.1, 0.15) is 6.54 Å². The standard InChI is InChI=1S/C11H14N2O3/c1-2-10(14)13(7-11(15)16)9-6-4-3-5-8(9)12/h3-6H,2,7,12H2,1H3,(H,15,16). The van der Waals surface area contributed by atoms with Crippen LogP contribution in [-0.4, -0.2) is 23.5 Å². The maximum absolute atomic E-state index is 11.6. The van der Waals surface area contributed by atoms with Gasteiger partial charge in [0, 0.05) is 6.42 Å². The molecule has 5 nitrogen and oxygen atoms in total. The van der Waals surface area contributed by atoms with Crippen molar-refractivity contribution in [3.63, 3.8) is 0 Å². The molecule has 1 amide bonds. The lowest BCUT2D eigenvalue weighted by molar-refractivity contribution is -0.136. The highest BCUT2D eigenvalue weighted by atomic mass is 16.4. The van der Waals surface area contributed by atoms with E-state index < -0.39 is 5.97 Å². The molecule has 16 heavy (non-hydrogen) atoms. The van der Waals surface area contributed by atoms with Crippen molar-refractivity contribution in [3.05, 3.63) is 24.3 Å². The Labute approximate surface area is 93.5 Å². The van der Waals surface area contributed by atoms with Crippen LogP contribution < -0.4 is 10.6 Å². The summed E-state index contributed by atoms with van der Waals surface area (Å²) >= 11 is 0. The second-order valence-electron chi connectivity index (χ2n) is 3.29. The Kier molecular flexibility index (Phi) is 3.88. The quantitative estimate of drug-likeness (QED) is 0.747. The van der Waals surface area contributed by atoms with Gasteiger partial charge in [0.2, 0.25) is 5.91 Å². The summed E-state index contributed by atoms with van der Waals surface area (Å²) in [5, 5.41) is 8.75. The molecular weight excluding hydrogens is 208 g/mol. The molecule has 0 saturated carbocycles. The molecule has 1 aromatic carbocycles. The van der Waals surface area contributed by atoms with E-state index in [4.69, 9.17) is 10.8 Å². The lowest BCUT2D eigenvalue weighted by Crippen LogP contribution is -2.35. The first-order valence-electron chi connectivity index (χ1n) is 4.93. The van der Waals surface area contributed by atoms with Crippen LogP contribution in [0.5, 0.6) is 0 Å². The van der Waals surface area contributed by atoms with Crippen molar-refractivity contribution in [2.45, 2.75) is 13.3 Å². The number of carbonyl (C=O) groups excluding carboxylic acids is 1. The lowest BCUT2D eigenvalue weighted by Gasteiger charge is -2.21. The molecule has 0 aliphatic heterocycles. The molecule has 0 aliphatic carbocycles. The third-order valence-electron chi connectivity index (χ3n) is 2.12. The van der Waals surface area contributed by atoms with Crippen molar-refractivity contribution >= 4 is 23.3 Å². The molecule has 0 saturated heterocycles. The molecule has 0 radical (unpaired) electrons.